The number of hydrogen-bond donors (Lipinski definition) is 0. The minimum atomic E-state index is -0.139. The van der Waals surface area contributed by atoms with Crippen molar-refractivity contribution in [2.45, 2.75) is 6.92 Å². The molecule has 1 aromatic heterocycles. The normalized spacial score (nSPS) is 9.08. The minimum absolute atomic E-state index is 0.139. The lowest BCUT2D eigenvalue weighted by Crippen LogP contribution is -1.95. The fraction of sp³-hybridized carbons (Fsp3) is 0.125. The van der Waals surface area contributed by atoms with Crippen molar-refractivity contribution in [2.75, 3.05) is 0 Å². The zero-order chi connectivity index (χ0) is 9.84. The quantitative estimate of drug-likeness (QED) is 0.328. The summed E-state index contributed by atoms with van der Waals surface area (Å²) < 4.78 is 0. The Labute approximate surface area is 85.5 Å². The number of thiocarbonyl (C=S) groups is 1. The summed E-state index contributed by atoms with van der Waals surface area (Å²) in [4.78, 5) is 18.4. The number of carbonyl (C=O) groups is 1. The molecule has 0 amide bonds. The summed E-state index contributed by atoms with van der Waals surface area (Å²) in [5.74, 6) is -0.139. The van der Waals surface area contributed by atoms with Gasteiger partial charge in [-0.1, -0.05) is 11.6 Å². The van der Waals surface area contributed by atoms with Gasteiger partial charge in [0.15, 0.2) is 10.9 Å². The molecule has 0 N–H and O–H groups in total. The van der Waals surface area contributed by atoms with Gasteiger partial charge in [0.1, 0.15) is 11.4 Å². The molecule has 0 aliphatic heterocycles. The molecule has 3 nitrogen and oxygen atoms in total. The van der Waals surface area contributed by atoms with Gasteiger partial charge in [-0.05, 0) is 24.4 Å². The summed E-state index contributed by atoms with van der Waals surface area (Å²) in [6.45, 7) is 1.42. The van der Waals surface area contributed by atoms with Gasteiger partial charge in [0.25, 0.3) is 0 Å². The molecule has 0 bridgehead atoms. The third kappa shape index (κ3) is 2.42. The Kier molecular flexibility index (Phi) is 3.25. The molecule has 13 heavy (non-hydrogen) atoms. The number of aromatic nitrogens is 1. The summed E-state index contributed by atoms with van der Waals surface area (Å²) in [7, 11) is 0. The summed E-state index contributed by atoms with van der Waals surface area (Å²) in [5.41, 5.74) is 0.731. The van der Waals surface area contributed by atoms with Crippen LogP contribution in [-0.4, -0.2) is 15.9 Å². The average molecular weight is 213 g/mol. The van der Waals surface area contributed by atoms with E-state index in [1.165, 1.54) is 6.92 Å². The van der Waals surface area contributed by atoms with Crippen LogP contribution < -0.4 is 0 Å². The first-order chi connectivity index (χ1) is 6.15. The molecule has 1 aromatic rings. The number of pyridine rings is 1. The van der Waals surface area contributed by atoms with Crippen LogP contribution in [0.2, 0.25) is 5.15 Å². The van der Waals surface area contributed by atoms with Gasteiger partial charge in [0.05, 0.1) is 5.16 Å². The summed E-state index contributed by atoms with van der Waals surface area (Å²) in [5, 5.41) is 2.33. The van der Waals surface area contributed by atoms with Crippen LogP contribution in [-0.2, 0) is 0 Å². The molecule has 1 rings (SSSR count). The second-order valence-electron chi connectivity index (χ2n) is 2.27. The van der Waals surface area contributed by atoms with E-state index >= 15 is 0 Å². The number of hydrogen-bond acceptors (Lipinski definition) is 4. The van der Waals surface area contributed by atoms with Gasteiger partial charge in [-0.3, -0.25) is 4.79 Å². The number of aliphatic imine (C=N–C) groups is 1. The maximum atomic E-state index is 10.9. The Balaban J connectivity index is 3.19. The smallest absolute Gasteiger partial charge is 0.178 e. The van der Waals surface area contributed by atoms with Crippen LogP contribution in [0, 0.1) is 0 Å². The third-order valence-corrected chi connectivity index (χ3v) is 1.73. The molecule has 0 aliphatic rings. The van der Waals surface area contributed by atoms with E-state index in [1.807, 2.05) is 0 Å². The zero-order valence-corrected chi connectivity index (χ0v) is 8.32. The molecule has 0 radical (unpaired) electrons. The number of ketones is 1. The first-order valence-corrected chi connectivity index (χ1v) is 4.19. The molecule has 66 valence electrons. The van der Waals surface area contributed by atoms with Crippen LogP contribution in [0.5, 0.6) is 0 Å². The van der Waals surface area contributed by atoms with Gasteiger partial charge in [-0.15, -0.1) is 0 Å². The van der Waals surface area contributed by atoms with E-state index in [-0.39, 0.29) is 10.9 Å². The van der Waals surface area contributed by atoms with E-state index in [9.17, 15) is 4.79 Å². The van der Waals surface area contributed by atoms with E-state index in [0.717, 1.165) is 0 Å². The van der Waals surface area contributed by atoms with Gasteiger partial charge < -0.3 is 0 Å². The van der Waals surface area contributed by atoms with Gasteiger partial charge in [0, 0.05) is 6.92 Å². The van der Waals surface area contributed by atoms with Crippen LogP contribution in [0.3, 0.4) is 0 Å². The second kappa shape index (κ2) is 4.23. The fourth-order valence-electron chi connectivity index (χ4n) is 0.756. The molecule has 0 fully saturated rings. The van der Waals surface area contributed by atoms with E-state index in [0.29, 0.717) is 11.4 Å². The summed E-state index contributed by atoms with van der Waals surface area (Å²) in [6, 6.07) is 3.12. The van der Waals surface area contributed by atoms with Crippen LogP contribution in [0.25, 0.3) is 0 Å². The first kappa shape index (κ1) is 9.99. The van der Waals surface area contributed by atoms with Crippen LogP contribution in [0.4, 0.5) is 5.69 Å². The largest absolute Gasteiger partial charge is 0.293 e. The topological polar surface area (TPSA) is 42.3 Å². The lowest BCUT2D eigenvalue weighted by atomic mass is 10.3. The second-order valence-corrected chi connectivity index (χ2v) is 2.81. The highest BCUT2D eigenvalue weighted by Gasteiger charge is 2.05. The molecule has 1 heterocycles. The van der Waals surface area contributed by atoms with Crippen molar-refractivity contribution in [3.63, 3.8) is 0 Å². The van der Waals surface area contributed by atoms with Crippen molar-refractivity contribution in [1.82, 2.24) is 4.98 Å². The molecule has 0 spiro atoms. The lowest BCUT2D eigenvalue weighted by Gasteiger charge is -1.97. The number of Topliss-reactive ketones (excluding diaryl/α,β-unsaturated/α-hetero) is 1. The van der Waals surface area contributed by atoms with Gasteiger partial charge >= 0.3 is 0 Å². The van der Waals surface area contributed by atoms with E-state index < -0.39 is 0 Å². The maximum Gasteiger partial charge on any atom is 0.178 e. The van der Waals surface area contributed by atoms with Gasteiger partial charge in [0.2, 0.25) is 0 Å². The molecular formula is C8H5ClN2OS. The predicted octanol–water partition coefficient (Wildman–Crippen LogP) is 2.67. The van der Waals surface area contributed by atoms with Crippen molar-refractivity contribution < 1.29 is 4.79 Å². The Morgan fingerprint density at radius 2 is 2.38 bits per heavy atom. The van der Waals surface area contributed by atoms with Crippen molar-refractivity contribution in [1.29, 1.82) is 0 Å². The summed E-state index contributed by atoms with van der Waals surface area (Å²) in [6.07, 6.45) is 0. The minimum Gasteiger partial charge on any atom is -0.293 e. The van der Waals surface area contributed by atoms with Crippen molar-refractivity contribution in [3.05, 3.63) is 23.0 Å². The van der Waals surface area contributed by atoms with Crippen LogP contribution in [0.15, 0.2) is 17.1 Å². The SMILES string of the molecule is CC(=O)c1ccc(N=C=S)c(Cl)n1. The molecule has 0 saturated heterocycles. The fourth-order valence-corrected chi connectivity index (χ4v) is 1.05. The van der Waals surface area contributed by atoms with Gasteiger partial charge in [-0.2, -0.15) is 4.99 Å². The maximum absolute atomic E-state index is 10.9. The Bertz CT molecular complexity index is 399. The third-order valence-electron chi connectivity index (χ3n) is 1.36. The molecule has 0 unspecified atom stereocenters. The van der Waals surface area contributed by atoms with Crippen molar-refractivity contribution >= 4 is 40.5 Å². The van der Waals surface area contributed by atoms with Crippen molar-refractivity contribution in [2.24, 2.45) is 4.99 Å². The number of rotatable bonds is 2. The molecule has 5 heteroatoms. The molecular weight excluding hydrogens is 208 g/mol. The number of isothiocyanates is 1. The Hall–Kier alpha value is -1.09. The highest BCUT2D eigenvalue weighted by atomic mass is 35.5. The molecule has 0 atom stereocenters. The Morgan fingerprint density at radius 1 is 1.69 bits per heavy atom. The average Bonchev–Trinajstić information content (AvgIpc) is 2.08. The van der Waals surface area contributed by atoms with Crippen LogP contribution in [0.1, 0.15) is 17.4 Å². The molecule has 0 aliphatic carbocycles. The first-order valence-electron chi connectivity index (χ1n) is 3.40. The number of nitrogens with zero attached hydrogens (tertiary/aromatic N) is 2. The monoisotopic (exact) mass is 212 g/mol. The lowest BCUT2D eigenvalue weighted by molar-refractivity contribution is 0.101. The predicted molar refractivity (Wildman–Crippen MR) is 53.9 cm³/mol. The van der Waals surface area contributed by atoms with Gasteiger partial charge in [-0.25, -0.2) is 4.98 Å². The number of halogens is 1. The number of carbonyl (C=O) groups excluding carboxylic acids is 1. The zero-order valence-electron chi connectivity index (χ0n) is 6.74. The van der Waals surface area contributed by atoms with Crippen molar-refractivity contribution in [3.8, 4) is 0 Å². The summed E-state index contributed by atoms with van der Waals surface area (Å²) >= 11 is 10.1. The Morgan fingerprint density at radius 3 is 2.85 bits per heavy atom. The van der Waals surface area contributed by atoms with E-state index in [1.54, 1.807) is 12.1 Å². The van der Waals surface area contributed by atoms with Crippen LogP contribution >= 0.6 is 23.8 Å². The van der Waals surface area contributed by atoms with E-state index in [2.05, 4.69) is 27.4 Å². The standard InChI is InChI=1S/C8H5ClN2OS/c1-5(12)6-2-3-7(10-4-13)8(9)11-6/h2-3H,1H3. The molecule has 0 aromatic carbocycles. The van der Waals surface area contributed by atoms with E-state index in [4.69, 9.17) is 11.6 Å². The molecule has 0 saturated carbocycles. The highest BCUT2D eigenvalue weighted by molar-refractivity contribution is 7.78. The highest BCUT2D eigenvalue weighted by Crippen LogP contribution is 2.21.